The van der Waals surface area contributed by atoms with Crippen molar-refractivity contribution < 1.29 is 23.5 Å². The molecule has 2 aromatic rings. The summed E-state index contributed by atoms with van der Waals surface area (Å²) < 4.78 is 24.2. The highest BCUT2D eigenvalue weighted by Crippen LogP contribution is 2.18. The SMILES string of the molecule is COc1ccccc1C(=O)COC(=O)/C=C/c1cc(Br)ccc1F. The Morgan fingerprint density at radius 1 is 1.21 bits per heavy atom. The zero-order valence-electron chi connectivity index (χ0n) is 12.8. The molecule has 2 rings (SSSR count). The van der Waals surface area contributed by atoms with Gasteiger partial charge < -0.3 is 9.47 Å². The molecule has 0 unspecified atom stereocenters. The molecule has 0 aromatic heterocycles. The summed E-state index contributed by atoms with van der Waals surface area (Å²) in [4.78, 5) is 23.7. The molecule has 0 fully saturated rings. The number of rotatable bonds is 6. The molecule has 0 heterocycles. The summed E-state index contributed by atoms with van der Waals surface area (Å²) in [5.74, 6) is -1.18. The summed E-state index contributed by atoms with van der Waals surface area (Å²) in [6.45, 7) is -0.426. The Labute approximate surface area is 147 Å². The average molecular weight is 393 g/mol. The molecule has 124 valence electrons. The maximum absolute atomic E-state index is 13.5. The van der Waals surface area contributed by atoms with Crippen LogP contribution >= 0.6 is 15.9 Å². The van der Waals surface area contributed by atoms with Crippen LogP contribution in [0.2, 0.25) is 0 Å². The number of halogens is 2. The standard InChI is InChI=1S/C18H14BrFO4/c1-23-17-5-3-2-4-14(17)16(21)11-24-18(22)9-6-12-10-13(19)7-8-15(12)20/h2-10H,11H2,1H3/b9-6+. The number of Topliss-reactive ketones (excluding diaryl/α,β-unsaturated/α-hetero) is 1. The first-order valence-electron chi connectivity index (χ1n) is 6.97. The predicted molar refractivity (Wildman–Crippen MR) is 91.4 cm³/mol. The topological polar surface area (TPSA) is 52.6 Å². The van der Waals surface area contributed by atoms with E-state index in [0.717, 1.165) is 6.08 Å². The number of benzene rings is 2. The zero-order chi connectivity index (χ0) is 17.5. The Morgan fingerprint density at radius 3 is 2.71 bits per heavy atom. The van der Waals surface area contributed by atoms with Crippen LogP contribution in [0.3, 0.4) is 0 Å². The first kappa shape index (κ1) is 17.9. The zero-order valence-corrected chi connectivity index (χ0v) is 14.4. The number of hydrogen-bond acceptors (Lipinski definition) is 4. The quantitative estimate of drug-likeness (QED) is 0.423. The number of carbonyl (C=O) groups excluding carboxylic acids is 2. The number of para-hydroxylation sites is 1. The molecule has 0 aliphatic heterocycles. The van der Waals surface area contributed by atoms with Crippen molar-refractivity contribution in [2.24, 2.45) is 0 Å². The van der Waals surface area contributed by atoms with Gasteiger partial charge in [-0.1, -0.05) is 28.1 Å². The molecule has 0 bridgehead atoms. The van der Waals surface area contributed by atoms with Gasteiger partial charge in [-0.15, -0.1) is 0 Å². The molecule has 0 amide bonds. The minimum absolute atomic E-state index is 0.234. The average Bonchev–Trinajstić information content (AvgIpc) is 2.60. The number of ether oxygens (including phenoxy) is 2. The van der Waals surface area contributed by atoms with Gasteiger partial charge in [0.05, 0.1) is 12.7 Å². The van der Waals surface area contributed by atoms with Crippen LogP contribution in [0.4, 0.5) is 4.39 Å². The predicted octanol–water partition coefficient (Wildman–Crippen LogP) is 4.04. The van der Waals surface area contributed by atoms with Gasteiger partial charge in [0.15, 0.2) is 6.61 Å². The van der Waals surface area contributed by atoms with E-state index in [9.17, 15) is 14.0 Å². The van der Waals surface area contributed by atoms with Crippen LogP contribution in [0, 0.1) is 5.82 Å². The van der Waals surface area contributed by atoms with E-state index in [1.807, 2.05) is 0 Å². The van der Waals surface area contributed by atoms with Crippen LogP contribution in [-0.2, 0) is 9.53 Å². The third-order valence-corrected chi connectivity index (χ3v) is 3.60. The molecule has 4 nitrogen and oxygen atoms in total. The van der Waals surface area contributed by atoms with Crippen LogP contribution in [0.1, 0.15) is 15.9 Å². The molecule has 0 aliphatic rings. The Bertz CT molecular complexity index is 786. The molecule has 0 atom stereocenters. The van der Waals surface area contributed by atoms with E-state index in [1.165, 1.54) is 25.3 Å². The highest BCUT2D eigenvalue weighted by molar-refractivity contribution is 9.10. The summed E-state index contributed by atoms with van der Waals surface area (Å²) >= 11 is 3.22. The van der Waals surface area contributed by atoms with E-state index in [0.29, 0.717) is 15.8 Å². The lowest BCUT2D eigenvalue weighted by molar-refractivity contribution is -0.136. The Balaban J connectivity index is 1.97. The monoisotopic (exact) mass is 392 g/mol. The molecule has 0 radical (unpaired) electrons. The van der Waals surface area contributed by atoms with E-state index < -0.39 is 18.4 Å². The van der Waals surface area contributed by atoms with Gasteiger partial charge in [0, 0.05) is 16.1 Å². The van der Waals surface area contributed by atoms with Crippen molar-refractivity contribution in [3.8, 4) is 5.75 Å². The highest BCUT2D eigenvalue weighted by Gasteiger charge is 2.13. The molecular formula is C18H14BrFO4. The summed E-state index contributed by atoms with van der Waals surface area (Å²) in [5, 5.41) is 0. The molecular weight excluding hydrogens is 379 g/mol. The summed E-state index contributed by atoms with van der Waals surface area (Å²) in [6.07, 6.45) is 2.36. The van der Waals surface area contributed by atoms with Crippen molar-refractivity contribution in [3.63, 3.8) is 0 Å². The normalized spacial score (nSPS) is 10.6. The van der Waals surface area contributed by atoms with Gasteiger partial charge in [0.1, 0.15) is 11.6 Å². The van der Waals surface area contributed by atoms with Crippen LogP contribution in [0.25, 0.3) is 6.08 Å². The van der Waals surface area contributed by atoms with Gasteiger partial charge in [-0.3, -0.25) is 4.79 Å². The fraction of sp³-hybridized carbons (Fsp3) is 0.111. The van der Waals surface area contributed by atoms with Gasteiger partial charge in [-0.2, -0.15) is 0 Å². The minimum atomic E-state index is -0.738. The van der Waals surface area contributed by atoms with E-state index in [1.54, 1.807) is 30.3 Å². The van der Waals surface area contributed by atoms with Crippen LogP contribution in [-0.4, -0.2) is 25.5 Å². The van der Waals surface area contributed by atoms with Crippen molar-refractivity contribution in [1.29, 1.82) is 0 Å². The minimum Gasteiger partial charge on any atom is -0.496 e. The number of hydrogen-bond donors (Lipinski definition) is 0. The molecule has 0 N–H and O–H groups in total. The Kier molecular flexibility index (Phi) is 6.26. The lowest BCUT2D eigenvalue weighted by atomic mass is 10.1. The first-order valence-corrected chi connectivity index (χ1v) is 7.76. The molecule has 0 saturated heterocycles. The second-order valence-corrected chi connectivity index (χ2v) is 5.65. The molecule has 6 heteroatoms. The van der Waals surface area contributed by atoms with Crippen LogP contribution < -0.4 is 4.74 Å². The maximum atomic E-state index is 13.5. The summed E-state index contributed by atoms with van der Waals surface area (Å²) in [5.41, 5.74) is 0.562. The fourth-order valence-corrected chi connectivity index (χ4v) is 2.32. The maximum Gasteiger partial charge on any atom is 0.331 e. The van der Waals surface area contributed by atoms with Gasteiger partial charge in [0.25, 0.3) is 0 Å². The second-order valence-electron chi connectivity index (χ2n) is 4.73. The molecule has 0 aliphatic carbocycles. The van der Waals surface area contributed by atoms with Crippen molar-refractivity contribution in [2.45, 2.75) is 0 Å². The van der Waals surface area contributed by atoms with Crippen molar-refractivity contribution in [3.05, 3.63) is 70.0 Å². The molecule has 0 saturated carbocycles. The molecule has 0 spiro atoms. The number of methoxy groups -OCH3 is 1. The fourth-order valence-electron chi connectivity index (χ4n) is 1.94. The third kappa shape index (κ3) is 4.76. The largest absolute Gasteiger partial charge is 0.496 e. The van der Waals surface area contributed by atoms with E-state index in [2.05, 4.69) is 15.9 Å². The van der Waals surface area contributed by atoms with E-state index in [4.69, 9.17) is 9.47 Å². The number of ketones is 1. The number of carbonyl (C=O) groups is 2. The molecule has 2 aromatic carbocycles. The smallest absolute Gasteiger partial charge is 0.331 e. The lowest BCUT2D eigenvalue weighted by Crippen LogP contribution is -2.13. The van der Waals surface area contributed by atoms with Gasteiger partial charge in [-0.05, 0) is 36.4 Å². The molecule has 24 heavy (non-hydrogen) atoms. The number of esters is 1. The first-order chi connectivity index (χ1) is 11.5. The van der Waals surface area contributed by atoms with Gasteiger partial charge in [0.2, 0.25) is 5.78 Å². The second kappa shape index (κ2) is 8.40. The van der Waals surface area contributed by atoms with Gasteiger partial charge in [-0.25, -0.2) is 9.18 Å². The van der Waals surface area contributed by atoms with Crippen molar-refractivity contribution in [2.75, 3.05) is 13.7 Å². The van der Waals surface area contributed by atoms with Crippen LogP contribution in [0.15, 0.2) is 53.0 Å². The van der Waals surface area contributed by atoms with E-state index in [-0.39, 0.29) is 11.3 Å². The summed E-state index contributed by atoms with van der Waals surface area (Å²) in [6, 6.07) is 11.0. The Morgan fingerprint density at radius 2 is 1.96 bits per heavy atom. The van der Waals surface area contributed by atoms with Gasteiger partial charge >= 0.3 is 5.97 Å². The highest BCUT2D eigenvalue weighted by atomic mass is 79.9. The third-order valence-electron chi connectivity index (χ3n) is 3.11. The van der Waals surface area contributed by atoms with Crippen molar-refractivity contribution >= 4 is 33.8 Å². The van der Waals surface area contributed by atoms with E-state index >= 15 is 0 Å². The Hall–Kier alpha value is -2.47. The van der Waals surface area contributed by atoms with Crippen LogP contribution in [0.5, 0.6) is 5.75 Å². The summed E-state index contributed by atoms with van der Waals surface area (Å²) in [7, 11) is 1.45. The lowest BCUT2D eigenvalue weighted by Gasteiger charge is -2.07. The van der Waals surface area contributed by atoms with Crippen molar-refractivity contribution in [1.82, 2.24) is 0 Å².